The van der Waals surface area contributed by atoms with Crippen molar-refractivity contribution >= 4 is 39.4 Å². The first-order chi connectivity index (χ1) is 16.1. The third-order valence-corrected chi connectivity index (χ3v) is 7.39. The van der Waals surface area contributed by atoms with E-state index in [4.69, 9.17) is 10.7 Å². The van der Waals surface area contributed by atoms with Crippen molar-refractivity contribution in [2.75, 3.05) is 24.5 Å². The van der Waals surface area contributed by atoms with Crippen LogP contribution < -0.4 is 16.0 Å². The van der Waals surface area contributed by atoms with Crippen LogP contribution in [0.4, 0.5) is 5.82 Å². The lowest BCUT2D eigenvalue weighted by Crippen LogP contribution is -2.50. The number of nitrogens with one attached hydrogen (secondary N) is 2. The molecule has 2 aliphatic rings. The van der Waals surface area contributed by atoms with E-state index in [1.165, 1.54) is 5.56 Å². The summed E-state index contributed by atoms with van der Waals surface area (Å²) in [6, 6.07) is 18.2. The lowest BCUT2D eigenvalue weighted by molar-refractivity contribution is -0.128. The summed E-state index contributed by atoms with van der Waals surface area (Å²) in [5.74, 6) is 0.500. The van der Waals surface area contributed by atoms with E-state index >= 15 is 0 Å². The number of nitrogens with two attached hydrogens (primary N) is 1. The topological polar surface area (TPSA) is 104 Å². The number of nitrogens with zero attached hydrogens (tertiary/aromatic N) is 2. The highest BCUT2D eigenvalue weighted by atomic mass is 16.2. The van der Waals surface area contributed by atoms with Gasteiger partial charge < -0.3 is 20.9 Å². The van der Waals surface area contributed by atoms with E-state index in [0.717, 1.165) is 41.5 Å². The Balaban J connectivity index is 1.49. The zero-order valence-corrected chi connectivity index (χ0v) is 18.2. The minimum Gasteiger partial charge on any atom is -0.365 e. The number of piperidine rings is 1. The van der Waals surface area contributed by atoms with Crippen LogP contribution in [-0.2, 0) is 4.79 Å². The Morgan fingerprint density at radius 2 is 1.91 bits per heavy atom. The quantitative estimate of drug-likeness (QED) is 0.455. The van der Waals surface area contributed by atoms with Gasteiger partial charge in [-0.25, -0.2) is 4.98 Å². The van der Waals surface area contributed by atoms with Gasteiger partial charge in [0.15, 0.2) is 0 Å². The highest BCUT2D eigenvalue weighted by Gasteiger charge is 2.53. The van der Waals surface area contributed by atoms with Gasteiger partial charge in [0, 0.05) is 42.7 Å². The first-order valence-corrected chi connectivity index (χ1v) is 11.4. The van der Waals surface area contributed by atoms with Crippen molar-refractivity contribution in [3.63, 3.8) is 0 Å². The molecule has 0 bridgehead atoms. The van der Waals surface area contributed by atoms with Crippen molar-refractivity contribution < 1.29 is 9.59 Å². The number of fused-ring (bicyclic) bond motifs is 3. The standard InChI is InChI=1S/C26H25N5O2/c27-23(32)18-13-28-24(21-17-9-4-5-10-20(17)30-22(18)21)31-12-6-11-26(15-31)19(14-29-25(26)33)16-7-2-1-3-8-16/h1-5,7-10,13,19,30H,6,11-12,14-15H2,(H2,27,32)(H,29,33)/t19-,26?/m1/s1. The Kier molecular flexibility index (Phi) is 4.40. The van der Waals surface area contributed by atoms with E-state index < -0.39 is 11.3 Å². The predicted molar refractivity (Wildman–Crippen MR) is 128 cm³/mol. The van der Waals surface area contributed by atoms with Crippen LogP contribution >= 0.6 is 0 Å². The summed E-state index contributed by atoms with van der Waals surface area (Å²) < 4.78 is 0. The van der Waals surface area contributed by atoms with E-state index in [9.17, 15) is 9.59 Å². The molecule has 1 unspecified atom stereocenters. The zero-order chi connectivity index (χ0) is 22.6. The number of anilines is 1. The fraction of sp³-hybridized carbons (Fsp3) is 0.269. The average Bonchev–Trinajstić information content (AvgIpc) is 3.37. The fourth-order valence-electron chi connectivity index (χ4n) is 5.84. The third kappa shape index (κ3) is 2.92. The second-order valence-electron chi connectivity index (χ2n) is 9.13. The molecule has 2 atom stereocenters. The number of para-hydroxylation sites is 1. The number of aromatic amines is 1. The molecule has 2 aromatic carbocycles. The van der Waals surface area contributed by atoms with Crippen LogP contribution in [0.15, 0.2) is 60.8 Å². The maximum absolute atomic E-state index is 13.3. The minimum absolute atomic E-state index is 0.109. The van der Waals surface area contributed by atoms with E-state index in [1.54, 1.807) is 6.20 Å². The van der Waals surface area contributed by atoms with Crippen molar-refractivity contribution in [2.45, 2.75) is 18.8 Å². The van der Waals surface area contributed by atoms with Gasteiger partial charge in [-0.3, -0.25) is 9.59 Å². The number of H-pyrrole nitrogens is 1. The fourth-order valence-corrected chi connectivity index (χ4v) is 5.84. The molecule has 4 heterocycles. The molecular formula is C26H25N5O2. The molecule has 4 aromatic rings. The first kappa shape index (κ1) is 19.8. The number of carbonyl (C=O) groups is 2. The summed E-state index contributed by atoms with van der Waals surface area (Å²) in [7, 11) is 0. The van der Waals surface area contributed by atoms with E-state index in [2.05, 4.69) is 27.3 Å². The molecular weight excluding hydrogens is 414 g/mol. The molecule has 6 rings (SSSR count). The van der Waals surface area contributed by atoms with Crippen molar-refractivity contribution in [2.24, 2.45) is 11.1 Å². The number of amides is 2. The SMILES string of the molecule is NC(=O)c1cnc(N2CCCC3(C2)C(=O)NC[C@@H]3c2ccccc2)c2c1[nH]c1ccccc12. The molecule has 166 valence electrons. The Labute approximate surface area is 191 Å². The predicted octanol–water partition coefficient (Wildman–Crippen LogP) is 3.32. The second kappa shape index (κ2) is 7.33. The maximum Gasteiger partial charge on any atom is 0.252 e. The summed E-state index contributed by atoms with van der Waals surface area (Å²) in [4.78, 5) is 35.7. The first-order valence-electron chi connectivity index (χ1n) is 11.4. The van der Waals surface area contributed by atoms with Crippen LogP contribution in [0.5, 0.6) is 0 Å². The number of benzene rings is 2. The number of rotatable bonds is 3. The number of primary amides is 1. The minimum atomic E-state index is -0.514. The molecule has 2 amide bonds. The lowest BCUT2D eigenvalue weighted by Gasteiger charge is -2.42. The van der Waals surface area contributed by atoms with Crippen molar-refractivity contribution in [1.29, 1.82) is 0 Å². The normalized spacial score (nSPS) is 22.8. The van der Waals surface area contributed by atoms with Gasteiger partial charge in [-0.2, -0.15) is 0 Å². The molecule has 7 heteroatoms. The van der Waals surface area contributed by atoms with Gasteiger partial charge in [0.1, 0.15) is 5.82 Å². The van der Waals surface area contributed by atoms with Gasteiger partial charge in [0.05, 0.1) is 21.9 Å². The Bertz CT molecular complexity index is 1400. The average molecular weight is 440 g/mol. The monoisotopic (exact) mass is 439 g/mol. The molecule has 4 N–H and O–H groups in total. The zero-order valence-electron chi connectivity index (χ0n) is 18.2. The number of aromatic nitrogens is 2. The molecule has 2 aromatic heterocycles. The van der Waals surface area contributed by atoms with E-state index in [-0.39, 0.29) is 11.8 Å². The van der Waals surface area contributed by atoms with Crippen LogP contribution in [0.25, 0.3) is 21.8 Å². The molecule has 2 aliphatic heterocycles. The molecule has 2 saturated heterocycles. The number of hydrogen-bond acceptors (Lipinski definition) is 4. The summed E-state index contributed by atoms with van der Waals surface area (Å²) in [5.41, 5.74) is 8.33. The molecule has 0 saturated carbocycles. The molecule has 1 spiro atoms. The summed E-state index contributed by atoms with van der Waals surface area (Å²) >= 11 is 0. The van der Waals surface area contributed by atoms with Crippen LogP contribution in [0.3, 0.4) is 0 Å². The molecule has 2 fully saturated rings. The van der Waals surface area contributed by atoms with Gasteiger partial charge in [0.25, 0.3) is 5.91 Å². The van der Waals surface area contributed by atoms with E-state index in [1.807, 2.05) is 42.5 Å². The van der Waals surface area contributed by atoms with Crippen LogP contribution in [0, 0.1) is 5.41 Å². The Hall–Kier alpha value is -3.87. The summed E-state index contributed by atoms with van der Waals surface area (Å²) in [6.07, 6.45) is 3.28. The lowest BCUT2D eigenvalue weighted by atomic mass is 9.69. The molecule has 0 aliphatic carbocycles. The number of pyridine rings is 1. The van der Waals surface area contributed by atoms with Crippen LogP contribution in [0.1, 0.15) is 34.7 Å². The van der Waals surface area contributed by atoms with E-state index in [0.29, 0.717) is 24.2 Å². The largest absolute Gasteiger partial charge is 0.365 e. The van der Waals surface area contributed by atoms with Gasteiger partial charge in [-0.1, -0.05) is 48.5 Å². The van der Waals surface area contributed by atoms with Crippen molar-refractivity contribution in [3.8, 4) is 0 Å². The highest BCUT2D eigenvalue weighted by Crippen LogP contribution is 2.48. The summed E-state index contributed by atoms with van der Waals surface area (Å²) in [6.45, 7) is 2.03. The van der Waals surface area contributed by atoms with Gasteiger partial charge in [0.2, 0.25) is 5.91 Å². The smallest absolute Gasteiger partial charge is 0.252 e. The van der Waals surface area contributed by atoms with Crippen LogP contribution in [0.2, 0.25) is 0 Å². The van der Waals surface area contributed by atoms with Gasteiger partial charge in [-0.15, -0.1) is 0 Å². The van der Waals surface area contributed by atoms with Gasteiger partial charge >= 0.3 is 0 Å². The number of hydrogen-bond donors (Lipinski definition) is 3. The van der Waals surface area contributed by atoms with Crippen molar-refractivity contribution in [1.82, 2.24) is 15.3 Å². The third-order valence-electron chi connectivity index (χ3n) is 7.39. The van der Waals surface area contributed by atoms with Crippen molar-refractivity contribution in [3.05, 3.63) is 71.9 Å². The molecule has 33 heavy (non-hydrogen) atoms. The maximum atomic E-state index is 13.3. The highest BCUT2D eigenvalue weighted by molar-refractivity contribution is 6.18. The molecule has 0 radical (unpaired) electrons. The summed E-state index contributed by atoms with van der Waals surface area (Å²) in [5, 5.41) is 5.01. The van der Waals surface area contributed by atoms with Gasteiger partial charge in [-0.05, 0) is 24.5 Å². The van der Waals surface area contributed by atoms with Crippen LogP contribution in [-0.4, -0.2) is 41.4 Å². The molecule has 7 nitrogen and oxygen atoms in total. The second-order valence-corrected chi connectivity index (χ2v) is 9.13. The number of carbonyl (C=O) groups excluding carboxylic acids is 2. The Morgan fingerprint density at radius 3 is 2.73 bits per heavy atom. The Morgan fingerprint density at radius 1 is 1.12 bits per heavy atom.